The Balaban J connectivity index is 1.29. The zero-order valence-electron chi connectivity index (χ0n) is 17.8. The summed E-state index contributed by atoms with van der Waals surface area (Å²) in [6.45, 7) is 6.34. The van der Waals surface area contributed by atoms with E-state index in [9.17, 15) is 0 Å². The van der Waals surface area contributed by atoms with Crippen molar-refractivity contribution in [1.29, 1.82) is 0 Å². The van der Waals surface area contributed by atoms with Crippen molar-refractivity contribution in [2.45, 2.75) is 32.8 Å². The van der Waals surface area contributed by atoms with Crippen molar-refractivity contribution in [3.8, 4) is 11.4 Å². The van der Waals surface area contributed by atoms with Gasteiger partial charge in [-0.1, -0.05) is 18.5 Å². The highest BCUT2D eigenvalue weighted by molar-refractivity contribution is 7.09. The average Bonchev–Trinajstić information content (AvgIpc) is 3.51. The van der Waals surface area contributed by atoms with Crippen molar-refractivity contribution >= 4 is 28.9 Å². The summed E-state index contributed by atoms with van der Waals surface area (Å²) < 4.78 is 7.48. The van der Waals surface area contributed by atoms with Crippen molar-refractivity contribution < 1.29 is 4.74 Å². The van der Waals surface area contributed by atoms with Crippen molar-refractivity contribution in [2.75, 3.05) is 18.0 Å². The normalized spacial score (nSPS) is 12.0. The van der Waals surface area contributed by atoms with Gasteiger partial charge in [0.2, 0.25) is 5.95 Å². The van der Waals surface area contributed by atoms with Crippen molar-refractivity contribution in [2.24, 2.45) is 0 Å². The fourth-order valence-corrected chi connectivity index (χ4v) is 4.13. The molecule has 32 heavy (non-hydrogen) atoms. The lowest BCUT2D eigenvalue weighted by Crippen LogP contribution is -2.26. The molecule has 166 valence electrons. The predicted octanol–water partition coefficient (Wildman–Crippen LogP) is 4.16. The summed E-state index contributed by atoms with van der Waals surface area (Å²) in [4.78, 5) is 15.5. The van der Waals surface area contributed by atoms with Crippen LogP contribution in [-0.4, -0.2) is 48.2 Å². The van der Waals surface area contributed by atoms with E-state index >= 15 is 0 Å². The highest BCUT2D eigenvalue weighted by atomic mass is 35.5. The summed E-state index contributed by atoms with van der Waals surface area (Å²) >= 11 is 7.67. The number of benzene rings is 1. The topological polar surface area (TPSA) is 94.7 Å². The largest absolute Gasteiger partial charge is 0.487 e. The van der Waals surface area contributed by atoms with Gasteiger partial charge in [-0.15, -0.1) is 16.4 Å². The molecule has 0 bridgehead atoms. The van der Waals surface area contributed by atoms with Gasteiger partial charge in [0.05, 0.1) is 16.4 Å². The molecular formula is C21H23ClN8OS. The van der Waals surface area contributed by atoms with Gasteiger partial charge in [0, 0.05) is 30.6 Å². The van der Waals surface area contributed by atoms with E-state index in [0.29, 0.717) is 23.6 Å². The van der Waals surface area contributed by atoms with Gasteiger partial charge >= 0.3 is 0 Å². The first-order valence-corrected chi connectivity index (χ1v) is 11.5. The maximum atomic E-state index is 6.01. The van der Waals surface area contributed by atoms with Gasteiger partial charge < -0.3 is 9.64 Å². The maximum absolute atomic E-state index is 6.01. The number of halogens is 1. The Morgan fingerprint density at radius 3 is 2.75 bits per heavy atom. The molecule has 0 radical (unpaired) electrons. The molecule has 1 unspecified atom stereocenters. The molecule has 1 atom stereocenters. The van der Waals surface area contributed by atoms with Crippen molar-refractivity contribution in [3.05, 3.63) is 64.1 Å². The fourth-order valence-electron chi connectivity index (χ4n) is 3.10. The van der Waals surface area contributed by atoms with Crippen LogP contribution < -0.4 is 9.64 Å². The van der Waals surface area contributed by atoms with Gasteiger partial charge in [-0.3, -0.25) is 0 Å². The first-order valence-electron chi connectivity index (χ1n) is 10.3. The smallest absolute Gasteiger partial charge is 0.226 e. The van der Waals surface area contributed by atoms with E-state index in [1.807, 2.05) is 24.3 Å². The highest BCUT2D eigenvalue weighted by Crippen LogP contribution is 2.25. The molecule has 9 nitrogen and oxygen atoms in total. The number of anilines is 1. The van der Waals surface area contributed by atoms with E-state index in [1.165, 1.54) is 0 Å². The second kappa shape index (κ2) is 10.5. The SMILES string of the molecule is CCN(CCC(C)c1nc(COc2ccc(-n3cnnn3)cc2)cs1)c1nccc(Cl)n1. The predicted molar refractivity (Wildman–Crippen MR) is 124 cm³/mol. The molecule has 0 saturated carbocycles. The Kier molecular flexibility index (Phi) is 7.23. The Hall–Kier alpha value is -3.11. The first-order chi connectivity index (χ1) is 15.6. The van der Waals surface area contributed by atoms with Crippen LogP contribution in [0.25, 0.3) is 5.69 Å². The summed E-state index contributed by atoms with van der Waals surface area (Å²) in [5, 5.41) is 14.8. The lowest BCUT2D eigenvalue weighted by molar-refractivity contribution is 0.301. The van der Waals surface area contributed by atoms with Gasteiger partial charge in [-0.05, 0) is 54.1 Å². The number of aromatic nitrogens is 7. The van der Waals surface area contributed by atoms with Crippen LogP contribution in [0.5, 0.6) is 5.75 Å². The summed E-state index contributed by atoms with van der Waals surface area (Å²) in [6, 6.07) is 9.28. The van der Waals surface area contributed by atoms with E-state index in [0.717, 1.165) is 41.6 Å². The van der Waals surface area contributed by atoms with Gasteiger partial charge in [0.25, 0.3) is 0 Å². The Labute approximate surface area is 195 Å². The third-order valence-electron chi connectivity index (χ3n) is 4.93. The van der Waals surface area contributed by atoms with Crippen LogP contribution >= 0.6 is 22.9 Å². The molecule has 3 aromatic heterocycles. The minimum Gasteiger partial charge on any atom is -0.487 e. The van der Waals surface area contributed by atoms with Crippen molar-refractivity contribution in [1.82, 2.24) is 35.2 Å². The van der Waals surface area contributed by atoms with Crippen LogP contribution in [0.15, 0.2) is 48.2 Å². The Bertz CT molecular complexity index is 1120. The summed E-state index contributed by atoms with van der Waals surface area (Å²) in [6.07, 6.45) is 4.18. The molecule has 1 aromatic carbocycles. The molecule has 0 aliphatic carbocycles. The molecule has 0 aliphatic heterocycles. The minimum atomic E-state index is 0.317. The van der Waals surface area contributed by atoms with Gasteiger partial charge in [0.1, 0.15) is 23.8 Å². The number of thiazole rings is 1. The van der Waals surface area contributed by atoms with Crippen LogP contribution in [0.2, 0.25) is 5.15 Å². The molecule has 0 aliphatic rings. The van der Waals surface area contributed by atoms with Crippen LogP contribution in [0.1, 0.15) is 36.9 Å². The van der Waals surface area contributed by atoms with Crippen LogP contribution in [-0.2, 0) is 6.61 Å². The Morgan fingerprint density at radius 2 is 2.03 bits per heavy atom. The maximum Gasteiger partial charge on any atom is 0.226 e. The number of hydrogen-bond acceptors (Lipinski definition) is 9. The van der Waals surface area contributed by atoms with E-state index < -0.39 is 0 Å². The van der Waals surface area contributed by atoms with Crippen LogP contribution in [0.4, 0.5) is 5.95 Å². The third kappa shape index (κ3) is 5.57. The van der Waals surface area contributed by atoms with E-state index in [1.54, 1.807) is 34.6 Å². The monoisotopic (exact) mass is 470 g/mol. The van der Waals surface area contributed by atoms with E-state index in [2.05, 4.69) is 49.6 Å². The van der Waals surface area contributed by atoms with Gasteiger partial charge in [-0.25, -0.2) is 19.6 Å². The molecule has 11 heteroatoms. The lowest BCUT2D eigenvalue weighted by Gasteiger charge is -2.22. The molecule has 4 rings (SSSR count). The van der Waals surface area contributed by atoms with E-state index in [4.69, 9.17) is 21.3 Å². The van der Waals surface area contributed by atoms with Gasteiger partial charge in [-0.2, -0.15) is 0 Å². The quantitative estimate of drug-likeness (QED) is 0.319. The molecule has 0 N–H and O–H groups in total. The minimum absolute atomic E-state index is 0.317. The number of tetrazole rings is 1. The zero-order chi connectivity index (χ0) is 22.3. The number of hydrogen-bond donors (Lipinski definition) is 0. The second-order valence-corrected chi connectivity index (χ2v) is 8.44. The molecule has 0 fully saturated rings. The third-order valence-corrected chi connectivity index (χ3v) is 6.27. The van der Waals surface area contributed by atoms with Gasteiger partial charge in [0.15, 0.2) is 0 Å². The summed E-state index contributed by atoms with van der Waals surface area (Å²) in [5.74, 6) is 1.74. The average molecular weight is 471 g/mol. The fraction of sp³-hybridized carbons (Fsp3) is 0.333. The molecule has 0 saturated heterocycles. The molecule has 0 amide bonds. The number of nitrogens with zero attached hydrogens (tertiary/aromatic N) is 8. The number of rotatable bonds is 10. The molecule has 0 spiro atoms. The van der Waals surface area contributed by atoms with E-state index in [-0.39, 0.29) is 0 Å². The summed E-state index contributed by atoms with van der Waals surface area (Å²) in [7, 11) is 0. The molecular weight excluding hydrogens is 448 g/mol. The Morgan fingerprint density at radius 1 is 1.19 bits per heavy atom. The lowest BCUT2D eigenvalue weighted by atomic mass is 10.1. The molecule has 4 aromatic rings. The zero-order valence-corrected chi connectivity index (χ0v) is 19.4. The highest BCUT2D eigenvalue weighted by Gasteiger charge is 2.15. The number of ether oxygens (including phenoxy) is 1. The van der Waals surface area contributed by atoms with Crippen molar-refractivity contribution in [3.63, 3.8) is 0 Å². The first kappa shape index (κ1) is 22.1. The van der Waals surface area contributed by atoms with Crippen LogP contribution in [0.3, 0.4) is 0 Å². The van der Waals surface area contributed by atoms with Crippen LogP contribution in [0, 0.1) is 0 Å². The standard InChI is InChI=1S/C21H23ClN8OS/c1-3-29(21-23-10-8-19(22)26-21)11-9-15(2)20-25-16(13-32-20)12-31-18-6-4-17(5-7-18)30-14-24-27-28-30/h4-8,10,13-15H,3,9,11-12H2,1-2H3. The summed E-state index contributed by atoms with van der Waals surface area (Å²) in [5.41, 5.74) is 1.79. The molecule has 3 heterocycles. The second-order valence-electron chi connectivity index (χ2n) is 7.16.